The Hall–Kier alpha value is -0.755. The lowest BCUT2D eigenvalue weighted by molar-refractivity contribution is 0.279. The first-order valence-corrected chi connectivity index (χ1v) is 4.95. The van der Waals surface area contributed by atoms with Crippen LogP contribution in [0.15, 0.2) is 12.1 Å². The summed E-state index contributed by atoms with van der Waals surface area (Å²) in [6.45, 7) is 4.44. The molecule has 1 nitrogen and oxygen atoms in total. The van der Waals surface area contributed by atoms with Gasteiger partial charge in [-0.25, -0.2) is 0 Å². The van der Waals surface area contributed by atoms with Crippen LogP contribution in [0, 0.1) is 0 Å². The summed E-state index contributed by atoms with van der Waals surface area (Å²) in [7, 11) is 2.11. The largest absolute Gasteiger partial charge is 0.392 e. The van der Waals surface area contributed by atoms with Crippen molar-refractivity contribution in [1.29, 1.82) is 0 Å². The summed E-state index contributed by atoms with van der Waals surface area (Å²) in [5.41, 5.74) is 5.04. The fourth-order valence-corrected chi connectivity index (χ4v) is 1.88. The molecule has 0 bridgehead atoms. The van der Waals surface area contributed by atoms with E-state index < -0.39 is 0 Å². The van der Waals surface area contributed by atoms with Crippen molar-refractivity contribution in [3.63, 3.8) is 0 Å². The summed E-state index contributed by atoms with van der Waals surface area (Å²) in [5.74, 6) is 0. The lowest BCUT2D eigenvalue weighted by Gasteiger charge is -2.13. The number of aliphatic hydroxyl groups is 1. The van der Waals surface area contributed by atoms with Gasteiger partial charge in [0.1, 0.15) is 7.85 Å². The molecule has 0 atom stereocenters. The van der Waals surface area contributed by atoms with Crippen molar-refractivity contribution in [1.82, 2.24) is 0 Å². The summed E-state index contributed by atoms with van der Waals surface area (Å²) < 4.78 is 0. The third kappa shape index (κ3) is 1.94. The van der Waals surface area contributed by atoms with Crippen LogP contribution < -0.4 is 5.46 Å². The van der Waals surface area contributed by atoms with Crippen LogP contribution in [-0.4, -0.2) is 13.0 Å². The van der Waals surface area contributed by atoms with E-state index in [-0.39, 0.29) is 6.61 Å². The van der Waals surface area contributed by atoms with Gasteiger partial charge in [-0.05, 0) is 29.5 Å². The van der Waals surface area contributed by atoms with Gasteiger partial charge >= 0.3 is 0 Å². The number of hydrogen-bond donors (Lipinski definition) is 1. The van der Waals surface area contributed by atoms with Gasteiger partial charge in [0, 0.05) is 0 Å². The van der Waals surface area contributed by atoms with E-state index in [0.717, 1.165) is 18.4 Å². The van der Waals surface area contributed by atoms with Gasteiger partial charge in [0.05, 0.1) is 6.61 Å². The minimum Gasteiger partial charge on any atom is -0.392 e. The molecule has 0 aliphatic rings. The number of rotatable bonds is 3. The van der Waals surface area contributed by atoms with E-state index in [9.17, 15) is 5.11 Å². The lowest BCUT2D eigenvalue weighted by Crippen LogP contribution is -2.14. The van der Waals surface area contributed by atoms with E-state index in [0.29, 0.717) is 0 Å². The quantitative estimate of drug-likeness (QED) is 0.667. The predicted molar refractivity (Wildman–Crippen MR) is 59.3 cm³/mol. The summed E-state index contributed by atoms with van der Waals surface area (Å²) in [4.78, 5) is 0. The van der Waals surface area contributed by atoms with Crippen LogP contribution in [0.5, 0.6) is 0 Å². The van der Waals surface area contributed by atoms with E-state index >= 15 is 0 Å². The summed E-state index contributed by atoms with van der Waals surface area (Å²) in [5, 5.41) is 9.29. The van der Waals surface area contributed by atoms with Crippen LogP contribution in [0.3, 0.4) is 0 Å². The molecule has 70 valence electrons. The molecule has 1 aromatic rings. The molecule has 0 aromatic heterocycles. The van der Waals surface area contributed by atoms with Gasteiger partial charge in [0.2, 0.25) is 0 Å². The molecule has 0 heterocycles. The van der Waals surface area contributed by atoms with Crippen LogP contribution in [-0.2, 0) is 19.4 Å². The highest BCUT2D eigenvalue weighted by Gasteiger charge is 2.06. The molecule has 0 fully saturated rings. The molecule has 1 N–H and O–H groups in total. The topological polar surface area (TPSA) is 20.2 Å². The van der Waals surface area contributed by atoms with Crippen molar-refractivity contribution in [2.45, 2.75) is 33.3 Å². The number of hydrogen-bond acceptors (Lipinski definition) is 1. The molecular weight excluding hydrogens is 159 g/mol. The first-order chi connectivity index (χ1) is 6.24. The Kier molecular flexibility index (Phi) is 3.55. The molecule has 0 unspecified atom stereocenters. The fourth-order valence-electron chi connectivity index (χ4n) is 1.88. The summed E-state index contributed by atoms with van der Waals surface area (Å²) in [6, 6.07) is 4.27. The maximum atomic E-state index is 9.29. The first kappa shape index (κ1) is 10.3. The monoisotopic (exact) mass is 176 g/mol. The average molecular weight is 176 g/mol. The molecular formula is C11H17BO. The Balaban J connectivity index is 3.27. The zero-order valence-electron chi connectivity index (χ0n) is 8.72. The van der Waals surface area contributed by atoms with Crippen LogP contribution in [0.1, 0.15) is 30.5 Å². The standard InChI is InChI=1S/C11H17BO/c1-3-8-5-6-11(12)9(4-2)10(8)7-13/h5-6,13H,3-4,7,12H2,1-2H3. The number of aryl methyl sites for hydroxylation is 1. The molecule has 0 aliphatic carbocycles. The van der Waals surface area contributed by atoms with Gasteiger partial charge in [-0.1, -0.05) is 31.4 Å². The second kappa shape index (κ2) is 4.47. The van der Waals surface area contributed by atoms with Crippen LogP contribution in [0.4, 0.5) is 0 Å². The number of aliphatic hydroxyl groups excluding tert-OH is 1. The molecule has 0 saturated carbocycles. The average Bonchev–Trinajstić information content (AvgIpc) is 2.17. The van der Waals surface area contributed by atoms with Gasteiger partial charge < -0.3 is 5.11 Å². The summed E-state index contributed by atoms with van der Waals surface area (Å²) >= 11 is 0. The Bertz CT molecular complexity index is 294. The third-order valence-electron chi connectivity index (χ3n) is 2.65. The minimum atomic E-state index is 0.175. The van der Waals surface area contributed by atoms with Gasteiger partial charge in [0.15, 0.2) is 0 Å². The molecule has 0 saturated heterocycles. The maximum absolute atomic E-state index is 9.29. The van der Waals surface area contributed by atoms with E-state index in [4.69, 9.17) is 0 Å². The van der Waals surface area contributed by atoms with E-state index in [1.54, 1.807) is 0 Å². The fraction of sp³-hybridized carbons (Fsp3) is 0.455. The van der Waals surface area contributed by atoms with E-state index in [2.05, 4.69) is 33.8 Å². The third-order valence-corrected chi connectivity index (χ3v) is 2.65. The molecule has 0 amide bonds. The second-order valence-corrected chi connectivity index (χ2v) is 3.36. The molecule has 0 radical (unpaired) electrons. The molecule has 2 heteroatoms. The van der Waals surface area contributed by atoms with E-state index in [1.807, 2.05) is 0 Å². The molecule has 0 aliphatic heterocycles. The van der Waals surface area contributed by atoms with Crippen LogP contribution >= 0.6 is 0 Å². The van der Waals surface area contributed by atoms with Crippen molar-refractivity contribution in [3.05, 3.63) is 28.8 Å². The Morgan fingerprint density at radius 1 is 1.15 bits per heavy atom. The first-order valence-electron chi connectivity index (χ1n) is 4.95. The Labute approximate surface area is 81.2 Å². The Morgan fingerprint density at radius 2 is 1.85 bits per heavy atom. The van der Waals surface area contributed by atoms with Crippen molar-refractivity contribution in [2.24, 2.45) is 0 Å². The Morgan fingerprint density at radius 3 is 2.31 bits per heavy atom. The molecule has 13 heavy (non-hydrogen) atoms. The van der Waals surface area contributed by atoms with Crippen LogP contribution in [0.2, 0.25) is 0 Å². The SMILES string of the molecule is Bc1ccc(CC)c(CO)c1CC. The highest BCUT2D eigenvalue weighted by molar-refractivity contribution is 6.33. The normalized spacial score (nSPS) is 10.4. The van der Waals surface area contributed by atoms with Crippen molar-refractivity contribution in [3.8, 4) is 0 Å². The van der Waals surface area contributed by atoms with Gasteiger partial charge in [-0.15, -0.1) is 0 Å². The highest BCUT2D eigenvalue weighted by atomic mass is 16.3. The predicted octanol–water partition coefficient (Wildman–Crippen LogP) is 0.562. The maximum Gasteiger partial charge on any atom is 0.139 e. The zero-order valence-corrected chi connectivity index (χ0v) is 8.72. The summed E-state index contributed by atoms with van der Waals surface area (Å²) in [6.07, 6.45) is 2.01. The van der Waals surface area contributed by atoms with Crippen molar-refractivity contribution >= 4 is 13.3 Å². The van der Waals surface area contributed by atoms with Crippen LogP contribution in [0.25, 0.3) is 0 Å². The number of benzene rings is 1. The van der Waals surface area contributed by atoms with Gasteiger partial charge in [-0.2, -0.15) is 0 Å². The lowest BCUT2D eigenvalue weighted by atomic mass is 9.84. The smallest absolute Gasteiger partial charge is 0.139 e. The zero-order chi connectivity index (χ0) is 9.84. The van der Waals surface area contributed by atoms with E-state index in [1.165, 1.54) is 16.6 Å². The molecule has 1 aromatic carbocycles. The second-order valence-electron chi connectivity index (χ2n) is 3.36. The highest BCUT2D eigenvalue weighted by Crippen LogP contribution is 2.14. The van der Waals surface area contributed by atoms with Gasteiger partial charge in [0.25, 0.3) is 0 Å². The van der Waals surface area contributed by atoms with Crippen molar-refractivity contribution in [2.75, 3.05) is 0 Å². The molecule has 0 spiro atoms. The molecule has 1 rings (SSSR count). The minimum absolute atomic E-state index is 0.175. The van der Waals surface area contributed by atoms with Gasteiger partial charge in [-0.3, -0.25) is 0 Å². The van der Waals surface area contributed by atoms with Crippen molar-refractivity contribution < 1.29 is 5.11 Å².